The van der Waals surface area contributed by atoms with Gasteiger partial charge in [0, 0.05) is 12.2 Å². The van der Waals surface area contributed by atoms with Crippen LogP contribution in [0, 0.1) is 6.92 Å². The van der Waals surface area contributed by atoms with Crippen molar-refractivity contribution in [1.82, 2.24) is 20.5 Å². The van der Waals surface area contributed by atoms with Gasteiger partial charge in [0.2, 0.25) is 0 Å². The molecule has 6 nitrogen and oxygen atoms in total. The molecule has 0 radical (unpaired) electrons. The highest BCUT2D eigenvalue weighted by Gasteiger charge is 2.06. The molecule has 0 saturated heterocycles. The Hall–Kier alpha value is -2.50. The fourth-order valence-corrected chi connectivity index (χ4v) is 1.68. The number of nitrogens with one attached hydrogen (secondary N) is 2. The largest absolute Gasteiger partial charge is 0.363 e. The lowest BCUT2D eigenvalue weighted by atomic mass is 10.3. The van der Waals surface area contributed by atoms with E-state index in [0.717, 1.165) is 11.4 Å². The second-order valence-electron chi connectivity index (χ2n) is 4.29. The highest BCUT2D eigenvalue weighted by atomic mass is 16.1. The predicted octanol–water partition coefficient (Wildman–Crippen LogP) is 1.54. The molecule has 2 aromatic heterocycles. The number of hydrogen-bond acceptors (Lipinski definition) is 5. The summed E-state index contributed by atoms with van der Waals surface area (Å²) < 4.78 is 0. The summed E-state index contributed by atoms with van der Waals surface area (Å²) in [6.45, 7) is 4.94. The minimum absolute atomic E-state index is 0.216. The Kier molecular flexibility index (Phi) is 4.60. The van der Waals surface area contributed by atoms with E-state index in [4.69, 9.17) is 0 Å². The number of amides is 1. The van der Waals surface area contributed by atoms with Gasteiger partial charge < -0.3 is 10.6 Å². The summed E-state index contributed by atoms with van der Waals surface area (Å²) in [4.78, 5) is 15.9. The van der Waals surface area contributed by atoms with Crippen molar-refractivity contribution in [2.24, 2.45) is 0 Å². The van der Waals surface area contributed by atoms with Crippen molar-refractivity contribution < 1.29 is 4.79 Å². The maximum atomic E-state index is 11.5. The van der Waals surface area contributed by atoms with Gasteiger partial charge in [-0.15, -0.1) is 10.2 Å². The quantitative estimate of drug-likeness (QED) is 0.862. The van der Waals surface area contributed by atoms with Gasteiger partial charge in [-0.2, -0.15) is 0 Å². The summed E-state index contributed by atoms with van der Waals surface area (Å²) in [5, 5.41) is 13.6. The van der Waals surface area contributed by atoms with E-state index in [-0.39, 0.29) is 5.91 Å². The smallest absolute Gasteiger partial charge is 0.271 e. The summed E-state index contributed by atoms with van der Waals surface area (Å²) in [7, 11) is 0. The Morgan fingerprint density at radius 2 is 2.05 bits per heavy atom. The third-order valence-electron chi connectivity index (χ3n) is 2.63. The van der Waals surface area contributed by atoms with Gasteiger partial charge in [-0.25, -0.2) is 0 Å². The van der Waals surface area contributed by atoms with Crippen molar-refractivity contribution in [2.75, 3.05) is 11.9 Å². The van der Waals surface area contributed by atoms with Crippen molar-refractivity contribution in [3.63, 3.8) is 0 Å². The predicted molar refractivity (Wildman–Crippen MR) is 76.3 cm³/mol. The minimum Gasteiger partial charge on any atom is -0.363 e. The van der Waals surface area contributed by atoms with Crippen LogP contribution in [0.5, 0.6) is 0 Å². The Morgan fingerprint density at radius 1 is 1.20 bits per heavy atom. The molecule has 0 aromatic carbocycles. The van der Waals surface area contributed by atoms with Crippen molar-refractivity contribution in [3.05, 3.63) is 47.4 Å². The first kappa shape index (κ1) is 13.9. The van der Waals surface area contributed by atoms with Gasteiger partial charge in [0.25, 0.3) is 5.91 Å². The third kappa shape index (κ3) is 3.74. The molecule has 0 aliphatic heterocycles. The summed E-state index contributed by atoms with van der Waals surface area (Å²) in [5.74, 6) is 0.397. The van der Waals surface area contributed by atoms with Crippen LogP contribution in [0.1, 0.15) is 28.8 Å². The minimum atomic E-state index is -0.216. The number of hydrogen-bond donors (Lipinski definition) is 2. The molecule has 0 atom stereocenters. The molecule has 20 heavy (non-hydrogen) atoms. The second kappa shape index (κ2) is 6.60. The normalized spacial score (nSPS) is 10.1. The molecule has 0 saturated carbocycles. The van der Waals surface area contributed by atoms with E-state index >= 15 is 0 Å². The lowest BCUT2D eigenvalue weighted by Gasteiger charge is -2.06. The number of pyridine rings is 1. The van der Waals surface area contributed by atoms with Crippen molar-refractivity contribution >= 4 is 11.7 Å². The van der Waals surface area contributed by atoms with Gasteiger partial charge in [-0.3, -0.25) is 9.78 Å². The zero-order valence-electron chi connectivity index (χ0n) is 11.6. The molecule has 104 valence electrons. The topological polar surface area (TPSA) is 79.8 Å². The average molecular weight is 271 g/mol. The van der Waals surface area contributed by atoms with Gasteiger partial charge in [0.1, 0.15) is 5.82 Å². The van der Waals surface area contributed by atoms with Crippen LogP contribution in [-0.2, 0) is 6.54 Å². The van der Waals surface area contributed by atoms with Gasteiger partial charge in [0.15, 0.2) is 5.69 Å². The fraction of sp³-hybridized carbons (Fsp3) is 0.286. The van der Waals surface area contributed by atoms with Crippen LogP contribution >= 0.6 is 0 Å². The standard InChI is InChI=1S/C14H17N5O/c1-3-15-14(20)12-7-8-13(19-18-12)16-9-11-6-4-5-10(2)17-11/h4-8H,3,9H2,1-2H3,(H,15,20)(H,16,19). The number of carbonyl (C=O) groups excluding carboxylic acids is 1. The molecule has 2 aromatic rings. The van der Waals surface area contributed by atoms with Gasteiger partial charge >= 0.3 is 0 Å². The number of carbonyl (C=O) groups is 1. The number of aromatic nitrogens is 3. The second-order valence-corrected chi connectivity index (χ2v) is 4.29. The van der Waals surface area contributed by atoms with Crippen LogP contribution in [0.25, 0.3) is 0 Å². The molecule has 0 fully saturated rings. The third-order valence-corrected chi connectivity index (χ3v) is 2.63. The molecular weight excluding hydrogens is 254 g/mol. The maximum Gasteiger partial charge on any atom is 0.271 e. The molecule has 0 spiro atoms. The lowest BCUT2D eigenvalue weighted by Crippen LogP contribution is -2.24. The Bertz CT molecular complexity index is 582. The Labute approximate surface area is 117 Å². The molecule has 2 heterocycles. The number of aryl methyl sites for hydroxylation is 1. The molecular formula is C14H17N5O. The first-order valence-electron chi connectivity index (χ1n) is 6.47. The van der Waals surface area contributed by atoms with Crippen LogP contribution in [0.3, 0.4) is 0 Å². The van der Waals surface area contributed by atoms with Crippen LogP contribution in [-0.4, -0.2) is 27.6 Å². The highest BCUT2D eigenvalue weighted by Crippen LogP contribution is 2.05. The van der Waals surface area contributed by atoms with E-state index in [2.05, 4.69) is 25.8 Å². The molecule has 0 aliphatic rings. The summed E-state index contributed by atoms with van der Waals surface area (Å²) >= 11 is 0. The Morgan fingerprint density at radius 3 is 2.70 bits per heavy atom. The molecule has 0 bridgehead atoms. The summed E-state index contributed by atoms with van der Waals surface area (Å²) in [6.07, 6.45) is 0. The monoisotopic (exact) mass is 271 g/mol. The van der Waals surface area contributed by atoms with Crippen LogP contribution in [0.2, 0.25) is 0 Å². The number of nitrogens with zero attached hydrogens (tertiary/aromatic N) is 3. The zero-order chi connectivity index (χ0) is 14.4. The van der Waals surface area contributed by atoms with Crippen molar-refractivity contribution in [3.8, 4) is 0 Å². The Balaban J connectivity index is 1.95. The SMILES string of the molecule is CCNC(=O)c1ccc(NCc2cccc(C)n2)nn1. The molecule has 0 unspecified atom stereocenters. The van der Waals surface area contributed by atoms with Crippen molar-refractivity contribution in [2.45, 2.75) is 20.4 Å². The van der Waals surface area contributed by atoms with Crippen LogP contribution < -0.4 is 10.6 Å². The summed E-state index contributed by atoms with van der Waals surface area (Å²) in [6, 6.07) is 9.22. The molecule has 6 heteroatoms. The van der Waals surface area contributed by atoms with Crippen LogP contribution in [0.4, 0.5) is 5.82 Å². The molecule has 0 aliphatic carbocycles. The molecule has 1 amide bonds. The average Bonchev–Trinajstić information content (AvgIpc) is 2.46. The summed E-state index contributed by atoms with van der Waals surface area (Å²) in [5.41, 5.74) is 2.22. The molecule has 2 N–H and O–H groups in total. The number of anilines is 1. The maximum absolute atomic E-state index is 11.5. The zero-order valence-corrected chi connectivity index (χ0v) is 11.6. The van der Waals surface area contributed by atoms with E-state index < -0.39 is 0 Å². The molecule has 2 rings (SSSR count). The van der Waals surface area contributed by atoms with Gasteiger partial charge in [-0.1, -0.05) is 6.07 Å². The van der Waals surface area contributed by atoms with Gasteiger partial charge in [0.05, 0.1) is 12.2 Å². The van der Waals surface area contributed by atoms with E-state index in [1.54, 1.807) is 12.1 Å². The van der Waals surface area contributed by atoms with E-state index in [9.17, 15) is 4.79 Å². The van der Waals surface area contributed by atoms with Crippen LogP contribution in [0.15, 0.2) is 30.3 Å². The first-order valence-corrected chi connectivity index (χ1v) is 6.47. The van der Waals surface area contributed by atoms with Gasteiger partial charge in [-0.05, 0) is 38.1 Å². The fourth-order valence-electron chi connectivity index (χ4n) is 1.68. The van der Waals surface area contributed by atoms with E-state index in [0.29, 0.717) is 24.6 Å². The van der Waals surface area contributed by atoms with E-state index in [1.807, 2.05) is 32.0 Å². The number of rotatable bonds is 5. The first-order chi connectivity index (χ1) is 9.69. The highest BCUT2D eigenvalue weighted by molar-refractivity contribution is 5.92. The lowest BCUT2D eigenvalue weighted by molar-refractivity contribution is 0.0950. The van der Waals surface area contributed by atoms with E-state index in [1.165, 1.54) is 0 Å². The van der Waals surface area contributed by atoms with Crippen molar-refractivity contribution in [1.29, 1.82) is 0 Å².